The van der Waals surface area contributed by atoms with Crippen molar-refractivity contribution in [3.63, 3.8) is 0 Å². The van der Waals surface area contributed by atoms with Gasteiger partial charge in [0.05, 0.1) is 25.9 Å². The highest BCUT2D eigenvalue weighted by Gasteiger charge is 2.41. The second kappa shape index (κ2) is 5.69. The zero-order chi connectivity index (χ0) is 14.0. The Kier molecular flexibility index (Phi) is 3.94. The van der Waals surface area contributed by atoms with Crippen LogP contribution < -0.4 is 5.73 Å². The number of piperidine rings is 1. The summed E-state index contributed by atoms with van der Waals surface area (Å²) in [4.78, 5) is 2.20. The Morgan fingerprint density at radius 2 is 2.05 bits per heavy atom. The smallest absolute Gasteiger partial charge is 0.181 e. The molecule has 1 aromatic rings. The van der Waals surface area contributed by atoms with Gasteiger partial charge in [0.2, 0.25) is 0 Å². The maximum atomic E-state index is 10.4. The molecule has 5 heteroatoms. The molecule has 0 aromatic heterocycles. The average molecular weight is 278 g/mol. The second-order valence-corrected chi connectivity index (χ2v) is 5.59. The molecule has 3 N–H and O–H groups in total. The number of anilines is 1. The van der Waals surface area contributed by atoms with E-state index in [1.165, 1.54) is 0 Å². The Balaban J connectivity index is 1.64. The summed E-state index contributed by atoms with van der Waals surface area (Å²) >= 11 is 0. The Hall–Kier alpha value is -1.14. The summed E-state index contributed by atoms with van der Waals surface area (Å²) in [6, 6.07) is 7.47. The standard InChI is InChI=1S/C15H22N2O3/c16-13-5-2-1-4-12(13)14(18)10-17-7-3-6-15(11-17)19-8-9-20-15/h1-2,4-5,14,18H,3,6-11,16H2. The molecule has 1 unspecified atom stereocenters. The molecule has 1 aromatic carbocycles. The van der Waals surface area contributed by atoms with E-state index in [0.29, 0.717) is 25.4 Å². The van der Waals surface area contributed by atoms with Crippen molar-refractivity contribution >= 4 is 5.69 Å². The average Bonchev–Trinajstić information content (AvgIpc) is 2.87. The highest BCUT2D eigenvalue weighted by molar-refractivity contribution is 5.47. The van der Waals surface area contributed by atoms with Crippen LogP contribution >= 0.6 is 0 Å². The number of aliphatic hydroxyl groups excluding tert-OH is 1. The number of aliphatic hydroxyl groups is 1. The minimum atomic E-state index is -0.576. The maximum Gasteiger partial charge on any atom is 0.181 e. The van der Waals surface area contributed by atoms with Gasteiger partial charge in [0.1, 0.15) is 0 Å². The minimum absolute atomic E-state index is 0.444. The summed E-state index contributed by atoms with van der Waals surface area (Å²) in [5.41, 5.74) is 7.35. The summed E-state index contributed by atoms with van der Waals surface area (Å²) in [6.07, 6.45) is 1.39. The molecule has 0 amide bonds. The third-order valence-electron chi connectivity index (χ3n) is 4.10. The third kappa shape index (κ3) is 2.81. The summed E-state index contributed by atoms with van der Waals surface area (Å²) < 4.78 is 11.5. The number of nitrogen functional groups attached to an aromatic ring is 1. The Morgan fingerprint density at radius 1 is 1.30 bits per heavy atom. The fraction of sp³-hybridized carbons (Fsp3) is 0.600. The zero-order valence-electron chi connectivity index (χ0n) is 11.6. The number of nitrogens with zero attached hydrogens (tertiary/aromatic N) is 1. The van der Waals surface area contributed by atoms with Crippen molar-refractivity contribution in [2.45, 2.75) is 24.7 Å². The van der Waals surface area contributed by atoms with Crippen LogP contribution in [0.5, 0.6) is 0 Å². The van der Waals surface area contributed by atoms with Crippen LogP contribution in [0.3, 0.4) is 0 Å². The van der Waals surface area contributed by atoms with Crippen LogP contribution in [0, 0.1) is 0 Å². The van der Waals surface area contributed by atoms with E-state index in [1.54, 1.807) is 0 Å². The first-order valence-corrected chi connectivity index (χ1v) is 7.21. The first-order chi connectivity index (χ1) is 9.69. The zero-order valence-corrected chi connectivity index (χ0v) is 11.6. The van der Waals surface area contributed by atoms with Gasteiger partial charge in [0.25, 0.3) is 0 Å². The van der Waals surface area contributed by atoms with E-state index in [0.717, 1.165) is 31.5 Å². The monoisotopic (exact) mass is 278 g/mol. The molecule has 0 aliphatic carbocycles. The van der Waals surface area contributed by atoms with Gasteiger partial charge in [-0.25, -0.2) is 0 Å². The lowest BCUT2D eigenvalue weighted by molar-refractivity contribution is -0.191. The number of hydrogen-bond acceptors (Lipinski definition) is 5. The molecule has 2 aliphatic heterocycles. The molecule has 3 rings (SSSR count). The predicted octanol–water partition coefficient (Wildman–Crippen LogP) is 1.14. The van der Waals surface area contributed by atoms with Crippen molar-refractivity contribution in [1.82, 2.24) is 4.90 Å². The molecule has 2 aliphatic rings. The maximum absolute atomic E-state index is 10.4. The number of hydrogen-bond donors (Lipinski definition) is 2. The van der Waals surface area contributed by atoms with E-state index >= 15 is 0 Å². The molecule has 0 bridgehead atoms. The van der Waals surface area contributed by atoms with Gasteiger partial charge in [-0.1, -0.05) is 18.2 Å². The van der Waals surface area contributed by atoms with Crippen LogP contribution in [0.2, 0.25) is 0 Å². The summed E-state index contributed by atoms with van der Waals surface area (Å²) in [5, 5.41) is 10.4. The molecule has 2 heterocycles. The van der Waals surface area contributed by atoms with E-state index in [-0.39, 0.29) is 0 Å². The van der Waals surface area contributed by atoms with Crippen LogP contribution in [0.1, 0.15) is 24.5 Å². The van der Waals surface area contributed by atoms with Gasteiger partial charge in [-0.15, -0.1) is 0 Å². The van der Waals surface area contributed by atoms with Crippen molar-refractivity contribution in [3.05, 3.63) is 29.8 Å². The van der Waals surface area contributed by atoms with Gasteiger partial charge in [0.15, 0.2) is 5.79 Å². The van der Waals surface area contributed by atoms with E-state index in [4.69, 9.17) is 15.2 Å². The quantitative estimate of drug-likeness (QED) is 0.812. The Labute approximate surface area is 119 Å². The fourth-order valence-electron chi connectivity index (χ4n) is 3.12. The summed E-state index contributed by atoms with van der Waals surface area (Å²) in [5.74, 6) is -0.444. The molecular formula is C15H22N2O3. The number of nitrogens with two attached hydrogens (primary N) is 1. The van der Waals surface area contributed by atoms with Crippen LogP contribution in [0.25, 0.3) is 0 Å². The number of likely N-dealkylation sites (tertiary alicyclic amines) is 1. The van der Waals surface area contributed by atoms with Crippen LogP contribution in [0.15, 0.2) is 24.3 Å². The second-order valence-electron chi connectivity index (χ2n) is 5.59. The van der Waals surface area contributed by atoms with Crippen LogP contribution in [-0.2, 0) is 9.47 Å². The third-order valence-corrected chi connectivity index (χ3v) is 4.10. The normalized spacial score (nSPS) is 24.1. The van der Waals surface area contributed by atoms with Gasteiger partial charge >= 0.3 is 0 Å². The van der Waals surface area contributed by atoms with Gasteiger partial charge < -0.3 is 20.3 Å². The molecule has 20 heavy (non-hydrogen) atoms. The van der Waals surface area contributed by atoms with E-state index in [2.05, 4.69) is 4.90 Å². The van der Waals surface area contributed by atoms with Crippen molar-refractivity contribution < 1.29 is 14.6 Å². The number of rotatable bonds is 3. The highest BCUT2D eigenvalue weighted by Crippen LogP contribution is 2.31. The number of para-hydroxylation sites is 1. The number of β-amino-alcohol motifs (C(OH)–C–C–N with tert-alkyl or cyclic N) is 1. The van der Waals surface area contributed by atoms with E-state index < -0.39 is 11.9 Å². The van der Waals surface area contributed by atoms with Crippen molar-refractivity contribution in [3.8, 4) is 0 Å². The molecular weight excluding hydrogens is 256 g/mol. The molecule has 2 fully saturated rings. The lowest BCUT2D eigenvalue weighted by Crippen LogP contribution is -2.49. The first-order valence-electron chi connectivity index (χ1n) is 7.21. The van der Waals surface area contributed by atoms with E-state index in [9.17, 15) is 5.11 Å². The van der Waals surface area contributed by atoms with Crippen molar-refractivity contribution in [2.24, 2.45) is 0 Å². The minimum Gasteiger partial charge on any atom is -0.398 e. The van der Waals surface area contributed by atoms with Crippen molar-refractivity contribution in [2.75, 3.05) is 38.6 Å². The fourth-order valence-corrected chi connectivity index (χ4v) is 3.12. The van der Waals surface area contributed by atoms with Gasteiger partial charge in [-0.05, 0) is 19.0 Å². The largest absolute Gasteiger partial charge is 0.398 e. The predicted molar refractivity (Wildman–Crippen MR) is 76.1 cm³/mol. The number of benzene rings is 1. The van der Waals surface area contributed by atoms with Gasteiger partial charge in [-0.3, -0.25) is 4.90 Å². The summed E-state index contributed by atoms with van der Waals surface area (Å²) in [7, 11) is 0. The van der Waals surface area contributed by atoms with Gasteiger partial charge in [0, 0.05) is 24.2 Å². The lowest BCUT2D eigenvalue weighted by Gasteiger charge is -2.39. The molecule has 110 valence electrons. The molecule has 0 saturated carbocycles. The van der Waals surface area contributed by atoms with E-state index in [1.807, 2.05) is 24.3 Å². The van der Waals surface area contributed by atoms with Gasteiger partial charge in [-0.2, -0.15) is 0 Å². The molecule has 1 spiro atoms. The topological polar surface area (TPSA) is 68.0 Å². The van der Waals surface area contributed by atoms with Crippen molar-refractivity contribution in [1.29, 1.82) is 0 Å². The molecule has 5 nitrogen and oxygen atoms in total. The molecule has 1 atom stereocenters. The first kappa shape index (κ1) is 13.8. The lowest BCUT2D eigenvalue weighted by atomic mass is 10.0. The highest BCUT2D eigenvalue weighted by atomic mass is 16.7. The van der Waals surface area contributed by atoms with Crippen LogP contribution in [0.4, 0.5) is 5.69 Å². The molecule has 0 radical (unpaired) electrons. The molecule has 2 saturated heterocycles. The summed E-state index contributed by atoms with van der Waals surface area (Å²) in [6.45, 7) is 3.57. The Bertz CT molecular complexity index is 460. The Morgan fingerprint density at radius 3 is 2.80 bits per heavy atom. The SMILES string of the molecule is Nc1ccccc1C(O)CN1CCCC2(C1)OCCO2. The van der Waals surface area contributed by atoms with Crippen LogP contribution in [-0.4, -0.2) is 48.6 Å². The number of ether oxygens (including phenoxy) is 2.